The Balaban J connectivity index is 2.73. The molecule has 3 N–H and O–H groups in total. The van der Waals surface area contributed by atoms with Crippen LogP contribution in [0.5, 0.6) is 0 Å². The Morgan fingerprint density at radius 3 is 2.53 bits per heavy atom. The molecule has 7 heteroatoms. The third kappa shape index (κ3) is 4.11. The van der Waals surface area contributed by atoms with Gasteiger partial charge >= 0.3 is 12.0 Å². The molecule has 0 saturated carbocycles. The van der Waals surface area contributed by atoms with E-state index in [1.807, 2.05) is 0 Å². The number of likely N-dealkylation sites (tertiary alicyclic amines) is 1. The Morgan fingerprint density at radius 1 is 1.42 bits per heavy atom. The van der Waals surface area contributed by atoms with E-state index in [0.717, 1.165) is 0 Å². The van der Waals surface area contributed by atoms with E-state index in [2.05, 4.69) is 0 Å². The number of carbonyl (C=O) groups excluding carboxylic acids is 2. The van der Waals surface area contributed by atoms with Gasteiger partial charge in [0, 0.05) is 19.1 Å². The standard InChI is InChI=1S/C12H21N3O4/c1-8(2)15(7-10(13)16)12(19)14-5-3-4-9(6-14)11(17)18/h8-9H,3-7H2,1-2H3,(H2,13,16)(H,17,18)/t9-/m1/s1. The molecule has 1 fully saturated rings. The summed E-state index contributed by atoms with van der Waals surface area (Å²) in [5.74, 6) is -1.99. The summed E-state index contributed by atoms with van der Waals surface area (Å²) < 4.78 is 0. The van der Waals surface area contributed by atoms with Crippen molar-refractivity contribution in [1.29, 1.82) is 0 Å². The molecule has 1 saturated heterocycles. The number of carboxylic acids is 1. The van der Waals surface area contributed by atoms with Gasteiger partial charge in [0.25, 0.3) is 0 Å². The minimum Gasteiger partial charge on any atom is -0.481 e. The first-order valence-electron chi connectivity index (χ1n) is 6.39. The maximum Gasteiger partial charge on any atom is 0.320 e. The summed E-state index contributed by atoms with van der Waals surface area (Å²) in [6.07, 6.45) is 1.24. The topological polar surface area (TPSA) is 104 Å². The molecular formula is C12H21N3O4. The Kier molecular flexibility index (Phi) is 5.14. The van der Waals surface area contributed by atoms with Crippen molar-refractivity contribution in [2.75, 3.05) is 19.6 Å². The summed E-state index contributed by atoms with van der Waals surface area (Å²) in [5.41, 5.74) is 5.13. The number of piperidine rings is 1. The summed E-state index contributed by atoms with van der Waals surface area (Å²) in [4.78, 5) is 37.1. The predicted octanol–water partition coefficient (Wildman–Crippen LogP) is 0.0987. The Bertz CT molecular complexity index is 370. The molecule has 0 aliphatic carbocycles. The van der Waals surface area contributed by atoms with E-state index in [1.165, 1.54) is 9.80 Å². The zero-order chi connectivity index (χ0) is 14.6. The third-order valence-electron chi connectivity index (χ3n) is 3.24. The van der Waals surface area contributed by atoms with Crippen LogP contribution in [-0.2, 0) is 9.59 Å². The number of hydrogen-bond acceptors (Lipinski definition) is 3. The Labute approximate surface area is 112 Å². The maximum absolute atomic E-state index is 12.3. The SMILES string of the molecule is CC(C)N(CC(N)=O)C(=O)N1CCC[C@@H](C(=O)O)C1. The molecule has 0 aromatic carbocycles. The summed E-state index contributed by atoms with van der Waals surface area (Å²) in [6, 6.07) is -0.482. The zero-order valence-corrected chi connectivity index (χ0v) is 11.3. The number of carbonyl (C=O) groups is 3. The highest BCUT2D eigenvalue weighted by atomic mass is 16.4. The second kappa shape index (κ2) is 6.40. The lowest BCUT2D eigenvalue weighted by atomic mass is 9.98. The van der Waals surface area contributed by atoms with Gasteiger partial charge in [-0.2, -0.15) is 0 Å². The minimum absolute atomic E-state index is 0.148. The van der Waals surface area contributed by atoms with E-state index in [4.69, 9.17) is 10.8 Å². The number of hydrogen-bond donors (Lipinski definition) is 2. The van der Waals surface area contributed by atoms with Crippen LogP contribution in [0.15, 0.2) is 0 Å². The van der Waals surface area contributed by atoms with Crippen LogP contribution in [0.1, 0.15) is 26.7 Å². The van der Waals surface area contributed by atoms with Crippen molar-refractivity contribution in [2.45, 2.75) is 32.7 Å². The molecule has 0 spiro atoms. The molecule has 1 atom stereocenters. The first kappa shape index (κ1) is 15.3. The normalized spacial score (nSPS) is 19.3. The number of urea groups is 1. The highest BCUT2D eigenvalue weighted by molar-refractivity contribution is 5.83. The predicted molar refractivity (Wildman–Crippen MR) is 68.4 cm³/mol. The molecule has 19 heavy (non-hydrogen) atoms. The van der Waals surface area contributed by atoms with Gasteiger partial charge in [0.1, 0.15) is 6.54 Å². The van der Waals surface area contributed by atoms with Gasteiger partial charge in [0.15, 0.2) is 0 Å². The molecule has 0 aromatic rings. The lowest BCUT2D eigenvalue weighted by molar-refractivity contribution is -0.143. The van der Waals surface area contributed by atoms with E-state index in [0.29, 0.717) is 19.4 Å². The molecule has 0 aromatic heterocycles. The van der Waals surface area contributed by atoms with Crippen LogP contribution in [0.2, 0.25) is 0 Å². The van der Waals surface area contributed by atoms with Crippen molar-refractivity contribution >= 4 is 17.9 Å². The number of aliphatic carboxylic acids is 1. The summed E-state index contributed by atoms with van der Waals surface area (Å²) in [7, 11) is 0. The maximum atomic E-state index is 12.3. The van der Waals surface area contributed by atoms with Crippen LogP contribution in [-0.4, -0.2) is 58.5 Å². The van der Waals surface area contributed by atoms with Gasteiger partial charge in [0.2, 0.25) is 5.91 Å². The van der Waals surface area contributed by atoms with E-state index in [1.54, 1.807) is 13.8 Å². The minimum atomic E-state index is -0.886. The molecule has 0 radical (unpaired) electrons. The van der Waals surface area contributed by atoms with Crippen molar-refractivity contribution in [1.82, 2.24) is 9.80 Å². The van der Waals surface area contributed by atoms with Crippen molar-refractivity contribution in [3.63, 3.8) is 0 Å². The van der Waals surface area contributed by atoms with E-state index >= 15 is 0 Å². The molecule has 1 heterocycles. The molecule has 3 amide bonds. The molecule has 7 nitrogen and oxygen atoms in total. The first-order valence-corrected chi connectivity index (χ1v) is 6.39. The van der Waals surface area contributed by atoms with Gasteiger partial charge in [-0.05, 0) is 26.7 Å². The lowest BCUT2D eigenvalue weighted by Crippen LogP contribution is -2.52. The molecule has 1 aliphatic heterocycles. The number of rotatable bonds is 4. The molecule has 108 valence electrons. The second-order valence-corrected chi connectivity index (χ2v) is 5.09. The third-order valence-corrected chi connectivity index (χ3v) is 3.24. The number of amides is 3. The first-order chi connectivity index (χ1) is 8.82. The summed E-state index contributed by atoms with van der Waals surface area (Å²) >= 11 is 0. The average molecular weight is 271 g/mol. The zero-order valence-electron chi connectivity index (χ0n) is 11.3. The van der Waals surface area contributed by atoms with Gasteiger partial charge < -0.3 is 20.6 Å². The van der Waals surface area contributed by atoms with Gasteiger partial charge in [-0.25, -0.2) is 4.79 Å². The monoisotopic (exact) mass is 271 g/mol. The number of nitrogens with zero attached hydrogens (tertiary/aromatic N) is 2. The second-order valence-electron chi connectivity index (χ2n) is 5.09. The van der Waals surface area contributed by atoms with Crippen LogP contribution in [0.3, 0.4) is 0 Å². The number of carboxylic acid groups (broad SMARTS) is 1. The largest absolute Gasteiger partial charge is 0.481 e. The van der Waals surface area contributed by atoms with Crippen molar-refractivity contribution in [3.8, 4) is 0 Å². The van der Waals surface area contributed by atoms with E-state index in [9.17, 15) is 14.4 Å². The van der Waals surface area contributed by atoms with E-state index in [-0.39, 0.29) is 25.2 Å². The van der Waals surface area contributed by atoms with Gasteiger partial charge in [-0.15, -0.1) is 0 Å². The van der Waals surface area contributed by atoms with Gasteiger partial charge in [-0.3, -0.25) is 9.59 Å². The fraction of sp³-hybridized carbons (Fsp3) is 0.750. The smallest absolute Gasteiger partial charge is 0.320 e. The van der Waals surface area contributed by atoms with Gasteiger partial charge in [-0.1, -0.05) is 0 Å². The van der Waals surface area contributed by atoms with Crippen LogP contribution in [0, 0.1) is 5.92 Å². The number of primary amides is 1. The van der Waals surface area contributed by atoms with Crippen LogP contribution in [0.25, 0.3) is 0 Å². The van der Waals surface area contributed by atoms with Crippen molar-refractivity contribution in [3.05, 3.63) is 0 Å². The van der Waals surface area contributed by atoms with Crippen LogP contribution in [0.4, 0.5) is 4.79 Å². The Hall–Kier alpha value is -1.79. The fourth-order valence-electron chi connectivity index (χ4n) is 2.17. The van der Waals surface area contributed by atoms with E-state index < -0.39 is 17.8 Å². The molecule has 1 rings (SSSR count). The number of nitrogens with two attached hydrogens (primary N) is 1. The molecule has 1 aliphatic rings. The van der Waals surface area contributed by atoms with Crippen molar-refractivity contribution in [2.24, 2.45) is 11.7 Å². The van der Waals surface area contributed by atoms with Crippen LogP contribution >= 0.6 is 0 Å². The average Bonchev–Trinajstić information content (AvgIpc) is 2.34. The van der Waals surface area contributed by atoms with Crippen LogP contribution < -0.4 is 5.73 Å². The highest BCUT2D eigenvalue weighted by Gasteiger charge is 2.31. The molecular weight excluding hydrogens is 250 g/mol. The Morgan fingerprint density at radius 2 is 2.05 bits per heavy atom. The lowest BCUT2D eigenvalue weighted by Gasteiger charge is -2.36. The molecule has 0 unspecified atom stereocenters. The quantitative estimate of drug-likeness (QED) is 0.756. The highest BCUT2D eigenvalue weighted by Crippen LogP contribution is 2.18. The van der Waals surface area contributed by atoms with Crippen molar-refractivity contribution < 1.29 is 19.5 Å². The summed E-state index contributed by atoms with van der Waals surface area (Å²) in [5, 5.41) is 9.01. The molecule has 0 bridgehead atoms. The summed E-state index contributed by atoms with van der Waals surface area (Å²) in [6.45, 7) is 4.14. The fourth-order valence-corrected chi connectivity index (χ4v) is 2.17. The van der Waals surface area contributed by atoms with Gasteiger partial charge in [0.05, 0.1) is 5.92 Å².